The van der Waals surface area contributed by atoms with Crippen LogP contribution in [0, 0.1) is 12.8 Å². The van der Waals surface area contributed by atoms with Gasteiger partial charge in [0.05, 0.1) is 23.7 Å². The second-order valence-electron chi connectivity index (χ2n) is 7.46. The molecule has 3 N–H and O–H groups in total. The van der Waals surface area contributed by atoms with E-state index in [0.717, 1.165) is 22.6 Å². The van der Waals surface area contributed by atoms with Crippen LogP contribution >= 0.6 is 0 Å². The molecule has 8 heteroatoms. The normalized spacial score (nSPS) is 18.9. The number of fused-ring (bicyclic) bond motifs is 1. The van der Waals surface area contributed by atoms with Crippen LogP contribution in [-0.4, -0.2) is 45.7 Å². The Morgan fingerprint density at radius 2 is 2.03 bits per heavy atom. The van der Waals surface area contributed by atoms with Gasteiger partial charge in [-0.05, 0) is 43.2 Å². The minimum absolute atomic E-state index is 0.161. The molecule has 1 aromatic carbocycles. The lowest BCUT2D eigenvalue weighted by atomic mass is 9.94. The third-order valence-corrected chi connectivity index (χ3v) is 5.51. The molecule has 1 aliphatic heterocycles. The van der Waals surface area contributed by atoms with Gasteiger partial charge in [-0.25, -0.2) is 10.5 Å². The Balaban J connectivity index is 1.45. The van der Waals surface area contributed by atoms with E-state index in [4.69, 9.17) is 9.94 Å². The van der Waals surface area contributed by atoms with Crippen LogP contribution in [0.5, 0.6) is 0 Å². The molecule has 0 unspecified atom stereocenters. The molecule has 3 heterocycles. The van der Waals surface area contributed by atoms with E-state index in [1.54, 1.807) is 17.6 Å². The summed E-state index contributed by atoms with van der Waals surface area (Å²) in [5.74, 6) is -0.496. The highest BCUT2D eigenvalue weighted by molar-refractivity contribution is 5.95. The lowest BCUT2D eigenvalue weighted by Crippen LogP contribution is -2.51. The molecular formula is C22H24N4O4. The summed E-state index contributed by atoms with van der Waals surface area (Å²) in [6, 6.07) is 13.0. The monoisotopic (exact) mass is 408 g/mol. The number of aryl methyl sites for hydroxylation is 1. The smallest absolute Gasteiger partial charge is 0.251 e. The first-order valence-corrected chi connectivity index (χ1v) is 9.91. The van der Waals surface area contributed by atoms with Crippen LogP contribution in [0.3, 0.4) is 0 Å². The first-order valence-electron chi connectivity index (χ1n) is 9.91. The quantitative estimate of drug-likeness (QED) is 0.442. The van der Waals surface area contributed by atoms with Gasteiger partial charge in [0.1, 0.15) is 5.82 Å². The third kappa shape index (κ3) is 4.05. The Bertz CT molecular complexity index is 1060. The summed E-state index contributed by atoms with van der Waals surface area (Å²) < 4.78 is 7.36. The van der Waals surface area contributed by atoms with Crippen LogP contribution in [0.25, 0.3) is 5.52 Å². The molecule has 0 aliphatic carbocycles. The Kier molecular flexibility index (Phi) is 5.78. The van der Waals surface area contributed by atoms with Crippen molar-refractivity contribution < 1.29 is 19.5 Å². The Morgan fingerprint density at radius 3 is 2.80 bits per heavy atom. The highest BCUT2D eigenvalue weighted by Gasteiger charge is 2.32. The Hall–Kier alpha value is -3.23. The summed E-state index contributed by atoms with van der Waals surface area (Å²) in [4.78, 5) is 29.1. The predicted octanol–water partition coefficient (Wildman–Crippen LogP) is 1.87. The molecule has 3 aromatic rings. The van der Waals surface area contributed by atoms with Crippen molar-refractivity contribution in [2.45, 2.75) is 25.8 Å². The molecule has 0 spiro atoms. The van der Waals surface area contributed by atoms with Crippen LogP contribution < -0.4 is 10.8 Å². The Labute approximate surface area is 173 Å². The molecule has 0 saturated carbocycles. The first kappa shape index (κ1) is 20.1. The van der Waals surface area contributed by atoms with E-state index in [-0.39, 0.29) is 12.5 Å². The SMILES string of the molecule is Cc1nc(Cc2ccc(C(=O)N[C@@H]3CCOC[C@@H]3C(=O)NO)cc2)c2ccccn12. The van der Waals surface area contributed by atoms with Gasteiger partial charge in [-0.2, -0.15) is 0 Å². The highest BCUT2D eigenvalue weighted by Crippen LogP contribution is 2.18. The zero-order valence-corrected chi connectivity index (χ0v) is 16.7. The number of imidazole rings is 1. The van der Waals surface area contributed by atoms with Crippen molar-refractivity contribution in [2.75, 3.05) is 13.2 Å². The van der Waals surface area contributed by atoms with E-state index in [1.165, 1.54) is 0 Å². The highest BCUT2D eigenvalue weighted by atomic mass is 16.5. The molecule has 2 aromatic heterocycles. The number of aromatic nitrogens is 2. The second kappa shape index (κ2) is 8.64. The number of benzene rings is 1. The molecule has 30 heavy (non-hydrogen) atoms. The number of hydrogen-bond donors (Lipinski definition) is 3. The number of amides is 2. The number of pyridine rings is 1. The number of ether oxygens (including phenoxy) is 1. The van der Waals surface area contributed by atoms with Gasteiger partial charge in [0.25, 0.3) is 11.8 Å². The Morgan fingerprint density at radius 1 is 1.23 bits per heavy atom. The number of nitrogens with zero attached hydrogens (tertiary/aromatic N) is 2. The van der Waals surface area contributed by atoms with Crippen molar-refractivity contribution in [3.63, 3.8) is 0 Å². The van der Waals surface area contributed by atoms with Gasteiger partial charge in [-0.3, -0.25) is 14.8 Å². The van der Waals surface area contributed by atoms with E-state index >= 15 is 0 Å². The van der Waals surface area contributed by atoms with Crippen LogP contribution in [0.4, 0.5) is 0 Å². The molecule has 4 rings (SSSR count). The minimum Gasteiger partial charge on any atom is -0.380 e. The number of hydroxylamine groups is 1. The molecule has 0 bridgehead atoms. The molecule has 2 atom stereocenters. The van der Waals surface area contributed by atoms with Crippen molar-refractivity contribution in [1.29, 1.82) is 0 Å². The number of rotatable bonds is 5. The van der Waals surface area contributed by atoms with Crippen molar-refractivity contribution in [1.82, 2.24) is 20.2 Å². The molecule has 156 valence electrons. The van der Waals surface area contributed by atoms with E-state index in [0.29, 0.717) is 25.0 Å². The molecule has 1 aliphatic rings. The first-order chi connectivity index (χ1) is 14.6. The maximum atomic E-state index is 12.7. The minimum atomic E-state index is -0.621. The molecule has 1 fully saturated rings. The summed E-state index contributed by atoms with van der Waals surface area (Å²) in [6.07, 6.45) is 3.17. The second-order valence-corrected chi connectivity index (χ2v) is 7.46. The summed E-state index contributed by atoms with van der Waals surface area (Å²) in [5, 5.41) is 11.8. The molecule has 2 amide bonds. The van der Waals surface area contributed by atoms with Gasteiger partial charge in [0, 0.05) is 30.8 Å². The lowest BCUT2D eigenvalue weighted by Gasteiger charge is -2.30. The summed E-state index contributed by atoms with van der Waals surface area (Å²) in [6.45, 7) is 2.59. The fourth-order valence-electron chi connectivity index (χ4n) is 3.87. The average Bonchev–Trinajstić information content (AvgIpc) is 3.09. The summed E-state index contributed by atoms with van der Waals surface area (Å²) >= 11 is 0. The zero-order valence-electron chi connectivity index (χ0n) is 16.7. The lowest BCUT2D eigenvalue weighted by molar-refractivity contribution is -0.138. The molecule has 0 radical (unpaired) electrons. The van der Waals surface area contributed by atoms with Crippen LogP contribution in [0.2, 0.25) is 0 Å². The van der Waals surface area contributed by atoms with Gasteiger partial charge < -0.3 is 14.5 Å². The zero-order chi connectivity index (χ0) is 21.1. The molecule has 8 nitrogen and oxygen atoms in total. The van der Waals surface area contributed by atoms with Crippen molar-refractivity contribution >= 4 is 17.3 Å². The number of carbonyl (C=O) groups excluding carboxylic acids is 2. The fraction of sp³-hybridized carbons (Fsp3) is 0.318. The number of nitrogens with one attached hydrogen (secondary N) is 2. The van der Waals surface area contributed by atoms with Crippen molar-refractivity contribution in [3.8, 4) is 0 Å². The molecule has 1 saturated heterocycles. The summed E-state index contributed by atoms with van der Waals surface area (Å²) in [7, 11) is 0. The van der Waals surface area contributed by atoms with Crippen molar-refractivity contribution in [2.24, 2.45) is 5.92 Å². The van der Waals surface area contributed by atoms with E-state index in [2.05, 4.69) is 14.7 Å². The van der Waals surface area contributed by atoms with Crippen molar-refractivity contribution in [3.05, 3.63) is 71.3 Å². The summed E-state index contributed by atoms with van der Waals surface area (Å²) in [5.41, 5.74) is 5.28. The maximum absolute atomic E-state index is 12.7. The van der Waals surface area contributed by atoms with E-state index in [9.17, 15) is 9.59 Å². The van der Waals surface area contributed by atoms with Gasteiger partial charge >= 0.3 is 0 Å². The van der Waals surface area contributed by atoms with Crippen LogP contribution in [0.1, 0.15) is 33.9 Å². The maximum Gasteiger partial charge on any atom is 0.251 e. The number of hydrogen-bond acceptors (Lipinski definition) is 5. The van der Waals surface area contributed by atoms with Crippen LogP contribution in [0.15, 0.2) is 48.7 Å². The van der Waals surface area contributed by atoms with E-state index in [1.807, 2.05) is 43.5 Å². The predicted molar refractivity (Wildman–Crippen MR) is 109 cm³/mol. The topological polar surface area (TPSA) is 105 Å². The largest absolute Gasteiger partial charge is 0.380 e. The third-order valence-electron chi connectivity index (χ3n) is 5.51. The van der Waals surface area contributed by atoms with Gasteiger partial charge in [0.2, 0.25) is 0 Å². The van der Waals surface area contributed by atoms with Crippen LogP contribution in [-0.2, 0) is 16.0 Å². The molecular weight excluding hydrogens is 384 g/mol. The fourth-order valence-corrected chi connectivity index (χ4v) is 3.87. The number of carbonyl (C=O) groups is 2. The van der Waals surface area contributed by atoms with Gasteiger partial charge in [0.15, 0.2) is 0 Å². The van der Waals surface area contributed by atoms with Gasteiger partial charge in [-0.15, -0.1) is 0 Å². The van der Waals surface area contributed by atoms with Gasteiger partial charge in [-0.1, -0.05) is 18.2 Å². The standard InChI is InChI=1S/C22H24N4O4/c1-14-23-19(20-4-2-3-10-26(14)20)12-15-5-7-16(8-6-15)21(27)24-18-9-11-30-13-17(18)22(28)25-29/h2-8,10,17-18,29H,9,11-13H2,1H3,(H,24,27)(H,25,28)/t17-,18+/m0/s1. The average molecular weight is 408 g/mol. The van der Waals surface area contributed by atoms with E-state index < -0.39 is 17.9 Å².